The Bertz CT molecular complexity index is 237. The number of ether oxygens (including phenoxy) is 1. The summed E-state index contributed by atoms with van der Waals surface area (Å²) in [5, 5.41) is 0. The van der Waals surface area contributed by atoms with Crippen LogP contribution in [0.5, 0.6) is 0 Å². The van der Waals surface area contributed by atoms with Gasteiger partial charge in [-0.05, 0) is 12.1 Å². The molecule has 2 heterocycles. The van der Waals surface area contributed by atoms with Crippen LogP contribution in [-0.2, 0) is 4.74 Å². The number of morpholine rings is 1. The number of rotatable bonds is 1. The van der Waals surface area contributed by atoms with Crippen molar-refractivity contribution in [1.29, 1.82) is 0 Å². The molecular weight excluding hydrogens is 188 g/mol. The van der Waals surface area contributed by atoms with Crippen molar-refractivity contribution < 1.29 is 4.74 Å². The van der Waals surface area contributed by atoms with Gasteiger partial charge in [-0.2, -0.15) is 0 Å². The van der Waals surface area contributed by atoms with E-state index in [2.05, 4.69) is 9.88 Å². The molecule has 13 heavy (non-hydrogen) atoms. The molecule has 3 nitrogen and oxygen atoms in total. The highest BCUT2D eigenvalue weighted by Crippen LogP contribution is 2.12. The van der Waals surface area contributed by atoms with Crippen molar-refractivity contribution in [2.45, 2.75) is 0 Å². The zero-order chi connectivity index (χ0) is 8.23. The first-order valence-corrected chi connectivity index (χ1v) is 4.19. The maximum absolute atomic E-state index is 5.26. The summed E-state index contributed by atoms with van der Waals surface area (Å²) in [5.41, 5.74) is 1.24. The fraction of sp³-hybridized carbons (Fsp3) is 0.444. The van der Waals surface area contributed by atoms with Crippen molar-refractivity contribution in [2.75, 3.05) is 31.2 Å². The summed E-state index contributed by atoms with van der Waals surface area (Å²) in [5.74, 6) is 0. The van der Waals surface area contributed by atoms with Gasteiger partial charge in [-0.1, -0.05) is 0 Å². The predicted molar refractivity (Wildman–Crippen MR) is 54.5 cm³/mol. The zero-order valence-corrected chi connectivity index (χ0v) is 8.17. The summed E-state index contributed by atoms with van der Waals surface area (Å²) in [6.07, 6.45) is 3.65. The summed E-state index contributed by atoms with van der Waals surface area (Å²) in [4.78, 5) is 6.29. The third-order valence-electron chi connectivity index (χ3n) is 2.04. The van der Waals surface area contributed by atoms with Crippen LogP contribution in [0, 0.1) is 0 Å². The number of nitrogens with zero attached hydrogens (tertiary/aromatic N) is 2. The zero-order valence-electron chi connectivity index (χ0n) is 7.35. The number of pyridine rings is 1. The van der Waals surface area contributed by atoms with Crippen molar-refractivity contribution in [2.24, 2.45) is 0 Å². The van der Waals surface area contributed by atoms with Crippen LogP contribution in [0.4, 0.5) is 5.69 Å². The second-order valence-corrected chi connectivity index (χ2v) is 2.80. The highest BCUT2D eigenvalue weighted by atomic mass is 35.5. The van der Waals surface area contributed by atoms with Crippen LogP contribution in [-0.4, -0.2) is 31.3 Å². The molecule has 0 unspecified atom stereocenters. The van der Waals surface area contributed by atoms with Gasteiger partial charge >= 0.3 is 0 Å². The molecular formula is C9H13ClN2O. The molecule has 0 spiro atoms. The molecule has 1 saturated heterocycles. The molecule has 0 bridgehead atoms. The number of hydrogen-bond acceptors (Lipinski definition) is 3. The lowest BCUT2D eigenvalue weighted by Gasteiger charge is -2.28. The van der Waals surface area contributed by atoms with Gasteiger partial charge in [0.1, 0.15) is 0 Å². The molecule has 2 rings (SSSR count). The van der Waals surface area contributed by atoms with Gasteiger partial charge in [0.15, 0.2) is 0 Å². The van der Waals surface area contributed by atoms with Crippen LogP contribution >= 0.6 is 12.4 Å². The summed E-state index contributed by atoms with van der Waals surface area (Å²) in [6, 6.07) is 4.07. The van der Waals surface area contributed by atoms with Gasteiger partial charge in [0.05, 0.1) is 13.2 Å². The van der Waals surface area contributed by atoms with E-state index in [1.54, 1.807) is 0 Å². The van der Waals surface area contributed by atoms with Gasteiger partial charge in [-0.25, -0.2) is 0 Å². The van der Waals surface area contributed by atoms with E-state index in [-0.39, 0.29) is 12.4 Å². The molecule has 1 fully saturated rings. The second kappa shape index (κ2) is 5.04. The Kier molecular flexibility index (Phi) is 3.99. The topological polar surface area (TPSA) is 25.4 Å². The molecule has 4 heteroatoms. The SMILES string of the molecule is Cl.c1cc(N2CCOCC2)ccn1. The minimum absolute atomic E-state index is 0. The minimum Gasteiger partial charge on any atom is -0.378 e. The normalized spacial score (nSPS) is 16.5. The third-order valence-corrected chi connectivity index (χ3v) is 2.04. The van der Waals surface area contributed by atoms with E-state index < -0.39 is 0 Å². The van der Waals surface area contributed by atoms with E-state index in [4.69, 9.17) is 4.74 Å². The van der Waals surface area contributed by atoms with Crippen molar-refractivity contribution in [1.82, 2.24) is 4.98 Å². The van der Waals surface area contributed by atoms with E-state index >= 15 is 0 Å². The molecule has 1 aliphatic heterocycles. The van der Waals surface area contributed by atoms with Crippen molar-refractivity contribution in [3.8, 4) is 0 Å². The van der Waals surface area contributed by atoms with Gasteiger partial charge in [-0.3, -0.25) is 4.98 Å². The molecule has 0 atom stereocenters. The maximum Gasteiger partial charge on any atom is 0.0642 e. The summed E-state index contributed by atoms with van der Waals surface area (Å²) >= 11 is 0. The van der Waals surface area contributed by atoms with E-state index in [1.165, 1.54) is 5.69 Å². The predicted octanol–water partition coefficient (Wildman–Crippen LogP) is 1.34. The van der Waals surface area contributed by atoms with Gasteiger partial charge in [0.2, 0.25) is 0 Å². The average molecular weight is 201 g/mol. The van der Waals surface area contributed by atoms with Gasteiger partial charge in [0, 0.05) is 31.2 Å². The lowest BCUT2D eigenvalue weighted by atomic mass is 10.3. The molecule has 1 aromatic rings. The Morgan fingerprint density at radius 2 is 1.77 bits per heavy atom. The molecule has 72 valence electrons. The van der Waals surface area contributed by atoms with Crippen LogP contribution in [0.2, 0.25) is 0 Å². The summed E-state index contributed by atoms with van der Waals surface area (Å²) < 4.78 is 5.26. The van der Waals surface area contributed by atoms with E-state index in [0.29, 0.717) is 0 Å². The van der Waals surface area contributed by atoms with E-state index in [0.717, 1.165) is 26.3 Å². The van der Waals surface area contributed by atoms with Gasteiger partial charge < -0.3 is 9.64 Å². The van der Waals surface area contributed by atoms with E-state index in [1.807, 2.05) is 24.5 Å². The monoisotopic (exact) mass is 200 g/mol. The largest absolute Gasteiger partial charge is 0.378 e. The standard InChI is InChI=1S/C9H12N2O.ClH/c1-3-10-4-2-9(1)11-5-7-12-8-6-11;/h1-4H,5-8H2;1H. The number of aromatic nitrogens is 1. The molecule has 0 N–H and O–H groups in total. The maximum atomic E-state index is 5.26. The molecule has 0 aliphatic carbocycles. The van der Waals surface area contributed by atoms with Crippen LogP contribution in [0.3, 0.4) is 0 Å². The highest BCUT2D eigenvalue weighted by Gasteiger charge is 2.09. The molecule has 0 amide bonds. The van der Waals surface area contributed by atoms with Crippen LogP contribution < -0.4 is 4.90 Å². The average Bonchev–Trinajstić information content (AvgIpc) is 2.21. The lowest BCUT2D eigenvalue weighted by molar-refractivity contribution is 0.122. The van der Waals surface area contributed by atoms with Crippen molar-refractivity contribution in [3.63, 3.8) is 0 Å². The van der Waals surface area contributed by atoms with Crippen molar-refractivity contribution in [3.05, 3.63) is 24.5 Å². The summed E-state index contributed by atoms with van der Waals surface area (Å²) in [7, 11) is 0. The number of anilines is 1. The van der Waals surface area contributed by atoms with E-state index in [9.17, 15) is 0 Å². The van der Waals surface area contributed by atoms with Gasteiger partial charge in [0.25, 0.3) is 0 Å². The quantitative estimate of drug-likeness (QED) is 0.684. The number of halogens is 1. The molecule has 0 saturated carbocycles. The Hall–Kier alpha value is -0.800. The van der Waals surface area contributed by atoms with Crippen LogP contribution in [0.1, 0.15) is 0 Å². The smallest absolute Gasteiger partial charge is 0.0642 e. The Labute approximate surface area is 84.1 Å². The van der Waals surface area contributed by atoms with Crippen molar-refractivity contribution >= 4 is 18.1 Å². The van der Waals surface area contributed by atoms with Crippen LogP contribution in [0.25, 0.3) is 0 Å². The van der Waals surface area contributed by atoms with Crippen LogP contribution in [0.15, 0.2) is 24.5 Å². The second-order valence-electron chi connectivity index (χ2n) is 2.80. The molecule has 1 aromatic heterocycles. The Balaban J connectivity index is 0.000000845. The first-order valence-electron chi connectivity index (χ1n) is 4.19. The third kappa shape index (κ3) is 2.57. The minimum atomic E-state index is 0. The Morgan fingerprint density at radius 3 is 2.38 bits per heavy atom. The van der Waals surface area contributed by atoms with Gasteiger partial charge in [-0.15, -0.1) is 12.4 Å². The first-order chi connectivity index (χ1) is 5.97. The fourth-order valence-electron chi connectivity index (χ4n) is 1.38. The Morgan fingerprint density at radius 1 is 1.15 bits per heavy atom. The fourth-order valence-corrected chi connectivity index (χ4v) is 1.38. The number of hydrogen-bond donors (Lipinski definition) is 0. The lowest BCUT2D eigenvalue weighted by Crippen LogP contribution is -2.36. The molecule has 1 aliphatic rings. The molecule has 0 radical (unpaired) electrons. The summed E-state index contributed by atoms with van der Waals surface area (Å²) in [6.45, 7) is 3.65. The highest BCUT2D eigenvalue weighted by molar-refractivity contribution is 5.85. The first kappa shape index (κ1) is 10.3. The molecule has 0 aromatic carbocycles.